The van der Waals surface area contributed by atoms with Gasteiger partial charge in [-0.1, -0.05) is 24.3 Å². The number of hydrogen-bond donors (Lipinski definition) is 2. The molecule has 0 saturated carbocycles. The molecule has 1 heterocycles. The standard InChI is InChI=1S/C23H29F2N3O3.HI/c1-3-26-23(27-13-17-5-4-6-19(12-17)31-22(24)25)28-14-18-8-7-16(2)11-21(18)30-20-9-10-29-15-20;/h4-8,11-12,20,22H,3,9-10,13-15H2,1-2H3,(H2,26,27,28);1H. The van der Waals surface area contributed by atoms with Crippen molar-refractivity contribution in [3.8, 4) is 11.5 Å². The molecule has 176 valence electrons. The smallest absolute Gasteiger partial charge is 0.387 e. The van der Waals surface area contributed by atoms with E-state index in [4.69, 9.17) is 9.47 Å². The Morgan fingerprint density at radius 1 is 1.22 bits per heavy atom. The molecule has 0 aromatic heterocycles. The van der Waals surface area contributed by atoms with Gasteiger partial charge in [-0.2, -0.15) is 8.78 Å². The summed E-state index contributed by atoms with van der Waals surface area (Å²) in [6, 6.07) is 12.7. The van der Waals surface area contributed by atoms with E-state index in [2.05, 4.69) is 20.4 Å². The zero-order valence-electron chi connectivity index (χ0n) is 18.3. The largest absolute Gasteiger partial charge is 0.488 e. The highest BCUT2D eigenvalue weighted by Crippen LogP contribution is 2.24. The van der Waals surface area contributed by atoms with Crippen molar-refractivity contribution < 1.29 is 23.0 Å². The third-order valence-electron chi connectivity index (χ3n) is 4.74. The summed E-state index contributed by atoms with van der Waals surface area (Å²) < 4.78 is 40.9. The Labute approximate surface area is 204 Å². The average Bonchev–Trinajstić information content (AvgIpc) is 3.24. The number of benzene rings is 2. The van der Waals surface area contributed by atoms with Crippen LogP contribution in [-0.4, -0.2) is 38.4 Å². The van der Waals surface area contributed by atoms with Crippen molar-refractivity contribution in [3.05, 3.63) is 59.2 Å². The second-order valence-corrected chi connectivity index (χ2v) is 7.29. The van der Waals surface area contributed by atoms with Crippen LogP contribution in [0.1, 0.15) is 30.0 Å². The van der Waals surface area contributed by atoms with Crippen LogP contribution in [0.3, 0.4) is 0 Å². The van der Waals surface area contributed by atoms with E-state index in [0.717, 1.165) is 35.5 Å². The fourth-order valence-electron chi connectivity index (χ4n) is 3.21. The Bertz CT molecular complexity index is 877. The molecule has 1 atom stereocenters. The van der Waals surface area contributed by atoms with Gasteiger partial charge in [0.05, 0.1) is 19.8 Å². The first-order valence-corrected chi connectivity index (χ1v) is 10.4. The highest BCUT2D eigenvalue weighted by molar-refractivity contribution is 14.0. The molecule has 1 unspecified atom stereocenters. The molecule has 0 aliphatic carbocycles. The first-order chi connectivity index (χ1) is 15.0. The molecule has 2 aromatic rings. The number of hydrogen-bond acceptors (Lipinski definition) is 4. The van der Waals surface area contributed by atoms with Crippen molar-refractivity contribution >= 4 is 29.9 Å². The van der Waals surface area contributed by atoms with Crippen LogP contribution in [0.25, 0.3) is 0 Å². The number of nitrogens with zero attached hydrogens (tertiary/aromatic N) is 1. The number of rotatable bonds is 9. The van der Waals surface area contributed by atoms with E-state index in [-0.39, 0.29) is 35.8 Å². The molecule has 0 bridgehead atoms. The van der Waals surface area contributed by atoms with Crippen LogP contribution < -0.4 is 20.1 Å². The first-order valence-electron chi connectivity index (χ1n) is 10.4. The summed E-state index contributed by atoms with van der Waals surface area (Å²) in [6.07, 6.45) is 0.962. The van der Waals surface area contributed by atoms with E-state index >= 15 is 0 Å². The van der Waals surface area contributed by atoms with Gasteiger partial charge in [0.1, 0.15) is 17.6 Å². The molecule has 9 heteroatoms. The molecule has 0 amide bonds. The Morgan fingerprint density at radius 3 is 2.78 bits per heavy atom. The molecular weight excluding hydrogens is 531 g/mol. The molecule has 3 rings (SSSR count). The fraction of sp³-hybridized carbons (Fsp3) is 0.435. The van der Waals surface area contributed by atoms with Crippen LogP contribution in [-0.2, 0) is 17.8 Å². The summed E-state index contributed by atoms with van der Waals surface area (Å²) in [5.41, 5.74) is 2.93. The number of ether oxygens (including phenoxy) is 3. The van der Waals surface area contributed by atoms with E-state index in [1.165, 1.54) is 6.07 Å². The highest BCUT2D eigenvalue weighted by atomic mass is 127. The van der Waals surface area contributed by atoms with Crippen molar-refractivity contribution in [3.63, 3.8) is 0 Å². The fourth-order valence-corrected chi connectivity index (χ4v) is 3.21. The zero-order valence-corrected chi connectivity index (χ0v) is 20.6. The lowest BCUT2D eigenvalue weighted by Gasteiger charge is -2.18. The number of aryl methyl sites for hydroxylation is 1. The van der Waals surface area contributed by atoms with Gasteiger partial charge in [-0.15, -0.1) is 24.0 Å². The molecule has 1 aliphatic heterocycles. The minimum absolute atomic E-state index is 0. The summed E-state index contributed by atoms with van der Waals surface area (Å²) >= 11 is 0. The SMILES string of the molecule is CCNC(=NCc1cccc(OC(F)F)c1)NCc1ccc(C)cc1OC1CCOC1.I. The second-order valence-electron chi connectivity index (χ2n) is 7.29. The van der Waals surface area contributed by atoms with Gasteiger partial charge in [-0.05, 0) is 43.2 Å². The van der Waals surface area contributed by atoms with Crippen LogP contribution >= 0.6 is 24.0 Å². The number of aliphatic imine (C=N–C) groups is 1. The molecular formula is C23H30F2IN3O3. The Kier molecular flexibility index (Phi) is 10.9. The monoisotopic (exact) mass is 561 g/mol. The first kappa shape index (κ1) is 26.1. The van der Waals surface area contributed by atoms with Gasteiger partial charge >= 0.3 is 6.61 Å². The molecule has 6 nitrogen and oxygen atoms in total. The lowest BCUT2D eigenvalue weighted by atomic mass is 10.1. The van der Waals surface area contributed by atoms with Gasteiger partial charge in [0.2, 0.25) is 0 Å². The summed E-state index contributed by atoms with van der Waals surface area (Å²) in [5.74, 6) is 1.59. The molecule has 0 radical (unpaired) electrons. The second kappa shape index (κ2) is 13.4. The van der Waals surface area contributed by atoms with E-state index in [9.17, 15) is 8.78 Å². The zero-order chi connectivity index (χ0) is 22.1. The third kappa shape index (κ3) is 8.42. The minimum Gasteiger partial charge on any atom is -0.488 e. The van der Waals surface area contributed by atoms with Crippen LogP contribution in [0, 0.1) is 6.92 Å². The predicted octanol–water partition coefficient (Wildman–Crippen LogP) is 4.64. The van der Waals surface area contributed by atoms with Gasteiger partial charge in [-0.25, -0.2) is 4.99 Å². The lowest BCUT2D eigenvalue weighted by Crippen LogP contribution is -2.37. The summed E-state index contributed by atoms with van der Waals surface area (Å²) in [4.78, 5) is 4.56. The van der Waals surface area contributed by atoms with Gasteiger partial charge in [0.15, 0.2) is 5.96 Å². The van der Waals surface area contributed by atoms with Gasteiger partial charge < -0.3 is 24.8 Å². The summed E-state index contributed by atoms with van der Waals surface area (Å²) in [5, 5.41) is 6.52. The summed E-state index contributed by atoms with van der Waals surface area (Å²) in [7, 11) is 0. The molecule has 2 N–H and O–H groups in total. The average molecular weight is 561 g/mol. The summed E-state index contributed by atoms with van der Waals surface area (Å²) in [6.45, 7) is 4.05. The number of alkyl halides is 2. The number of nitrogens with one attached hydrogen (secondary N) is 2. The Hall–Kier alpha value is -2.14. The molecule has 1 saturated heterocycles. The van der Waals surface area contributed by atoms with Crippen molar-refractivity contribution in [2.75, 3.05) is 19.8 Å². The Balaban J connectivity index is 0.00000363. The van der Waals surface area contributed by atoms with Crippen LogP contribution in [0.15, 0.2) is 47.5 Å². The predicted molar refractivity (Wildman–Crippen MR) is 131 cm³/mol. The van der Waals surface area contributed by atoms with Gasteiger partial charge in [0, 0.05) is 25.1 Å². The molecule has 1 fully saturated rings. The van der Waals surface area contributed by atoms with Crippen molar-refractivity contribution in [1.29, 1.82) is 0 Å². The topological polar surface area (TPSA) is 64.1 Å². The van der Waals surface area contributed by atoms with Crippen molar-refractivity contribution in [2.24, 2.45) is 4.99 Å². The normalized spacial score (nSPS) is 15.9. The minimum atomic E-state index is -2.85. The van der Waals surface area contributed by atoms with Crippen LogP contribution in [0.2, 0.25) is 0 Å². The molecule has 2 aromatic carbocycles. The number of halogens is 3. The molecule has 1 aliphatic rings. The lowest BCUT2D eigenvalue weighted by molar-refractivity contribution is -0.0498. The quantitative estimate of drug-likeness (QED) is 0.266. The van der Waals surface area contributed by atoms with Gasteiger partial charge in [0.25, 0.3) is 0 Å². The van der Waals surface area contributed by atoms with Crippen molar-refractivity contribution in [1.82, 2.24) is 10.6 Å². The highest BCUT2D eigenvalue weighted by Gasteiger charge is 2.18. The maximum absolute atomic E-state index is 12.4. The van der Waals surface area contributed by atoms with E-state index < -0.39 is 6.61 Å². The molecule has 32 heavy (non-hydrogen) atoms. The van der Waals surface area contributed by atoms with Crippen LogP contribution in [0.4, 0.5) is 8.78 Å². The number of guanidine groups is 1. The Morgan fingerprint density at radius 2 is 2.06 bits per heavy atom. The molecule has 0 spiro atoms. The maximum Gasteiger partial charge on any atom is 0.387 e. The van der Waals surface area contributed by atoms with Crippen LogP contribution in [0.5, 0.6) is 11.5 Å². The van der Waals surface area contributed by atoms with E-state index in [1.807, 2.05) is 38.1 Å². The van der Waals surface area contributed by atoms with E-state index in [1.54, 1.807) is 12.1 Å². The van der Waals surface area contributed by atoms with E-state index in [0.29, 0.717) is 32.2 Å². The van der Waals surface area contributed by atoms with Gasteiger partial charge in [-0.3, -0.25) is 0 Å². The maximum atomic E-state index is 12.4. The van der Waals surface area contributed by atoms with Crippen molar-refractivity contribution in [2.45, 2.75) is 46.1 Å². The third-order valence-corrected chi connectivity index (χ3v) is 4.74.